The van der Waals surface area contributed by atoms with Crippen molar-refractivity contribution in [3.63, 3.8) is 0 Å². The Morgan fingerprint density at radius 1 is 1.35 bits per heavy atom. The number of carbonyl (C=O) groups excluding carboxylic acids is 1. The molecule has 2 rings (SSSR count). The molecule has 6 nitrogen and oxygen atoms in total. The topological polar surface area (TPSA) is 82.5 Å². The number of hydrogen-bond acceptors (Lipinski definition) is 3. The molecule has 1 heterocycles. The predicted molar refractivity (Wildman–Crippen MR) is 75.6 cm³/mol. The third-order valence-corrected chi connectivity index (χ3v) is 2.85. The molecule has 104 valence electrons. The standard InChI is InChI=1S/C14H15N3O3/c1-2-17(9-13(18)19)14(20)16-11-5-6-12-10(8-11)4-3-7-15-12/h3-8H,2,9H2,1H3,(H,16,20)(H,18,19). The van der Waals surface area contributed by atoms with Gasteiger partial charge in [0, 0.05) is 23.8 Å². The number of nitrogens with zero attached hydrogens (tertiary/aromatic N) is 2. The van der Waals surface area contributed by atoms with Gasteiger partial charge in [-0.15, -0.1) is 0 Å². The first kappa shape index (κ1) is 13.8. The summed E-state index contributed by atoms with van der Waals surface area (Å²) in [4.78, 5) is 28.0. The maximum absolute atomic E-state index is 12.0. The van der Waals surface area contributed by atoms with Crippen molar-refractivity contribution in [2.45, 2.75) is 6.92 Å². The molecule has 2 aromatic rings. The maximum Gasteiger partial charge on any atom is 0.323 e. The molecule has 0 spiro atoms. The Kier molecular flexibility index (Phi) is 4.14. The van der Waals surface area contributed by atoms with Gasteiger partial charge in [-0.25, -0.2) is 4.79 Å². The van der Waals surface area contributed by atoms with E-state index in [0.29, 0.717) is 12.2 Å². The van der Waals surface area contributed by atoms with Crippen LogP contribution in [0.2, 0.25) is 0 Å². The van der Waals surface area contributed by atoms with Crippen LogP contribution >= 0.6 is 0 Å². The Morgan fingerprint density at radius 2 is 2.15 bits per heavy atom. The number of rotatable bonds is 4. The second-order valence-corrected chi connectivity index (χ2v) is 4.25. The van der Waals surface area contributed by atoms with Gasteiger partial charge in [-0.05, 0) is 31.2 Å². The predicted octanol–water partition coefficient (Wildman–Crippen LogP) is 2.17. The fourth-order valence-electron chi connectivity index (χ4n) is 1.85. The van der Waals surface area contributed by atoms with Crippen molar-refractivity contribution in [3.05, 3.63) is 36.5 Å². The van der Waals surface area contributed by atoms with Gasteiger partial charge in [0.2, 0.25) is 0 Å². The number of pyridine rings is 1. The average Bonchev–Trinajstić information content (AvgIpc) is 2.44. The number of likely N-dealkylation sites (N-methyl/N-ethyl adjacent to an activating group) is 1. The van der Waals surface area contributed by atoms with E-state index in [1.165, 1.54) is 4.90 Å². The molecule has 0 atom stereocenters. The number of carboxylic acid groups (broad SMARTS) is 1. The Hall–Kier alpha value is -2.63. The number of carboxylic acids is 1. The molecule has 0 saturated heterocycles. The van der Waals surface area contributed by atoms with E-state index in [4.69, 9.17) is 5.11 Å². The quantitative estimate of drug-likeness (QED) is 0.894. The van der Waals surface area contributed by atoms with Crippen molar-refractivity contribution < 1.29 is 14.7 Å². The summed E-state index contributed by atoms with van der Waals surface area (Å²) in [6.07, 6.45) is 1.70. The molecular formula is C14H15N3O3. The minimum atomic E-state index is -1.04. The zero-order chi connectivity index (χ0) is 14.5. The minimum Gasteiger partial charge on any atom is -0.480 e. The molecule has 2 N–H and O–H groups in total. The Labute approximate surface area is 116 Å². The number of urea groups is 1. The summed E-state index contributed by atoms with van der Waals surface area (Å²) in [7, 11) is 0. The summed E-state index contributed by atoms with van der Waals surface area (Å²) >= 11 is 0. The van der Waals surface area contributed by atoms with Crippen molar-refractivity contribution >= 4 is 28.6 Å². The number of nitrogens with one attached hydrogen (secondary N) is 1. The number of hydrogen-bond donors (Lipinski definition) is 2. The number of carbonyl (C=O) groups is 2. The number of anilines is 1. The van der Waals surface area contributed by atoms with Crippen molar-refractivity contribution in [1.82, 2.24) is 9.88 Å². The lowest BCUT2D eigenvalue weighted by Gasteiger charge is -2.19. The van der Waals surface area contributed by atoms with Crippen LogP contribution in [0.5, 0.6) is 0 Å². The molecule has 0 fully saturated rings. The first-order chi connectivity index (χ1) is 9.60. The number of fused-ring (bicyclic) bond motifs is 1. The van der Waals surface area contributed by atoms with Gasteiger partial charge in [0.25, 0.3) is 0 Å². The molecule has 0 saturated carbocycles. The van der Waals surface area contributed by atoms with E-state index >= 15 is 0 Å². The second kappa shape index (κ2) is 6.01. The van der Waals surface area contributed by atoms with Crippen molar-refractivity contribution in [2.24, 2.45) is 0 Å². The summed E-state index contributed by atoms with van der Waals surface area (Å²) < 4.78 is 0. The Bertz CT molecular complexity index is 642. The monoisotopic (exact) mass is 273 g/mol. The van der Waals surface area contributed by atoms with Gasteiger partial charge >= 0.3 is 12.0 Å². The first-order valence-electron chi connectivity index (χ1n) is 6.22. The van der Waals surface area contributed by atoms with Gasteiger partial charge in [-0.1, -0.05) is 6.07 Å². The lowest BCUT2D eigenvalue weighted by atomic mass is 10.2. The third kappa shape index (κ3) is 3.23. The van der Waals surface area contributed by atoms with Gasteiger partial charge in [0.05, 0.1) is 5.52 Å². The normalized spacial score (nSPS) is 10.2. The Balaban J connectivity index is 2.14. The number of amides is 2. The smallest absolute Gasteiger partial charge is 0.323 e. The van der Waals surface area contributed by atoms with E-state index in [2.05, 4.69) is 10.3 Å². The van der Waals surface area contributed by atoms with Crippen LogP contribution < -0.4 is 5.32 Å². The van der Waals surface area contributed by atoms with Gasteiger partial charge in [0.1, 0.15) is 6.54 Å². The third-order valence-electron chi connectivity index (χ3n) is 2.85. The van der Waals surface area contributed by atoms with Crippen LogP contribution in [-0.4, -0.2) is 40.1 Å². The van der Waals surface area contributed by atoms with E-state index in [1.54, 1.807) is 31.3 Å². The van der Waals surface area contributed by atoms with Crippen LogP contribution in [0.25, 0.3) is 10.9 Å². The molecule has 1 aromatic carbocycles. The number of aliphatic carboxylic acids is 1. The molecule has 2 amide bonds. The van der Waals surface area contributed by atoms with Crippen LogP contribution in [-0.2, 0) is 4.79 Å². The molecule has 0 radical (unpaired) electrons. The van der Waals surface area contributed by atoms with E-state index in [1.807, 2.05) is 12.1 Å². The molecule has 0 aliphatic rings. The van der Waals surface area contributed by atoms with Gasteiger partial charge in [-0.2, -0.15) is 0 Å². The van der Waals surface area contributed by atoms with Crippen molar-refractivity contribution in [3.8, 4) is 0 Å². The largest absolute Gasteiger partial charge is 0.480 e. The van der Waals surface area contributed by atoms with Gasteiger partial charge in [0.15, 0.2) is 0 Å². The van der Waals surface area contributed by atoms with Crippen molar-refractivity contribution in [2.75, 3.05) is 18.4 Å². The second-order valence-electron chi connectivity index (χ2n) is 4.25. The highest BCUT2D eigenvalue weighted by molar-refractivity contribution is 5.93. The first-order valence-corrected chi connectivity index (χ1v) is 6.22. The molecule has 0 aliphatic heterocycles. The Morgan fingerprint density at radius 3 is 2.85 bits per heavy atom. The van der Waals surface area contributed by atoms with Gasteiger partial charge < -0.3 is 15.3 Å². The molecule has 0 bridgehead atoms. The number of aromatic nitrogens is 1. The fraction of sp³-hybridized carbons (Fsp3) is 0.214. The van der Waals surface area contributed by atoms with Crippen LogP contribution in [0.4, 0.5) is 10.5 Å². The fourth-order valence-corrected chi connectivity index (χ4v) is 1.85. The molecule has 6 heteroatoms. The summed E-state index contributed by atoms with van der Waals surface area (Å²) in [6.45, 7) is 1.73. The van der Waals surface area contributed by atoms with E-state index in [-0.39, 0.29) is 6.54 Å². The summed E-state index contributed by atoms with van der Waals surface area (Å²) in [5, 5.41) is 12.3. The number of benzene rings is 1. The van der Waals surface area contributed by atoms with E-state index < -0.39 is 12.0 Å². The van der Waals surface area contributed by atoms with Crippen LogP contribution in [0.1, 0.15) is 6.92 Å². The lowest BCUT2D eigenvalue weighted by Crippen LogP contribution is -2.38. The zero-order valence-electron chi connectivity index (χ0n) is 11.0. The highest BCUT2D eigenvalue weighted by Gasteiger charge is 2.14. The van der Waals surface area contributed by atoms with Crippen LogP contribution in [0.15, 0.2) is 36.5 Å². The average molecular weight is 273 g/mol. The summed E-state index contributed by atoms with van der Waals surface area (Å²) in [5.41, 5.74) is 1.45. The van der Waals surface area contributed by atoms with E-state index in [9.17, 15) is 9.59 Å². The minimum absolute atomic E-state index is 0.322. The highest BCUT2D eigenvalue weighted by Crippen LogP contribution is 2.17. The van der Waals surface area contributed by atoms with Crippen molar-refractivity contribution in [1.29, 1.82) is 0 Å². The zero-order valence-corrected chi connectivity index (χ0v) is 11.0. The molecule has 1 aromatic heterocycles. The van der Waals surface area contributed by atoms with E-state index in [0.717, 1.165) is 10.9 Å². The van der Waals surface area contributed by atoms with Crippen LogP contribution in [0, 0.1) is 0 Å². The highest BCUT2D eigenvalue weighted by atomic mass is 16.4. The molecule has 0 unspecified atom stereocenters. The lowest BCUT2D eigenvalue weighted by molar-refractivity contribution is -0.137. The van der Waals surface area contributed by atoms with Gasteiger partial charge in [-0.3, -0.25) is 9.78 Å². The maximum atomic E-state index is 12.0. The molecule has 20 heavy (non-hydrogen) atoms. The summed E-state index contributed by atoms with van der Waals surface area (Å²) in [5.74, 6) is -1.04. The SMILES string of the molecule is CCN(CC(=O)O)C(=O)Nc1ccc2ncccc2c1. The molecular weight excluding hydrogens is 258 g/mol. The van der Waals surface area contributed by atoms with Crippen LogP contribution in [0.3, 0.4) is 0 Å². The molecule has 0 aliphatic carbocycles. The summed E-state index contributed by atoms with van der Waals surface area (Å²) in [6, 6.07) is 8.62.